The number of rotatable bonds is 1. The molecule has 4 heteroatoms. The van der Waals surface area contributed by atoms with Gasteiger partial charge in [-0.2, -0.15) is 0 Å². The van der Waals surface area contributed by atoms with Gasteiger partial charge in [-0.3, -0.25) is 4.79 Å². The molecule has 1 N–H and O–H groups in total. The smallest absolute Gasteiger partial charge is 0.239 e. The number of piperidine rings is 1. The summed E-state index contributed by atoms with van der Waals surface area (Å²) in [7, 11) is 0. The summed E-state index contributed by atoms with van der Waals surface area (Å²) in [5, 5.41) is 3.30. The molecule has 0 radical (unpaired) electrons. The van der Waals surface area contributed by atoms with Crippen molar-refractivity contribution in [3.05, 3.63) is 0 Å². The van der Waals surface area contributed by atoms with E-state index in [-0.39, 0.29) is 18.4 Å². The minimum atomic E-state index is 0. The first-order valence-corrected chi connectivity index (χ1v) is 5.40. The predicted octanol–water partition coefficient (Wildman–Crippen LogP) is 1.17. The molecule has 1 amide bonds. The molecular formula is C10H19ClN2O. The van der Waals surface area contributed by atoms with Crippen LogP contribution >= 0.6 is 12.4 Å². The van der Waals surface area contributed by atoms with Crippen molar-refractivity contribution in [3.8, 4) is 0 Å². The summed E-state index contributed by atoms with van der Waals surface area (Å²) in [6.07, 6.45) is 5.85. The first kappa shape index (κ1) is 11.8. The zero-order chi connectivity index (χ0) is 9.10. The van der Waals surface area contributed by atoms with E-state index >= 15 is 0 Å². The van der Waals surface area contributed by atoms with Crippen molar-refractivity contribution in [3.63, 3.8) is 0 Å². The van der Waals surface area contributed by atoms with Gasteiger partial charge in [-0.25, -0.2) is 0 Å². The zero-order valence-corrected chi connectivity index (χ0v) is 9.31. The Morgan fingerprint density at radius 3 is 2.43 bits per heavy atom. The van der Waals surface area contributed by atoms with Crippen molar-refractivity contribution < 1.29 is 4.79 Å². The Bertz CT molecular complexity index is 187. The summed E-state index contributed by atoms with van der Waals surface area (Å²) in [6.45, 7) is 2.98. The molecule has 0 aromatic heterocycles. The van der Waals surface area contributed by atoms with Crippen LogP contribution in [0.2, 0.25) is 0 Å². The van der Waals surface area contributed by atoms with Crippen LogP contribution in [-0.4, -0.2) is 36.5 Å². The van der Waals surface area contributed by atoms with Crippen molar-refractivity contribution >= 4 is 18.3 Å². The fourth-order valence-electron chi connectivity index (χ4n) is 2.22. The summed E-state index contributed by atoms with van der Waals surface area (Å²) in [5.74, 6) is 0.345. The van der Waals surface area contributed by atoms with Crippen LogP contribution in [0.15, 0.2) is 0 Å². The van der Waals surface area contributed by atoms with Crippen molar-refractivity contribution in [2.45, 2.75) is 38.1 Å². The average Bonchev–Trinajstić information content (AvgIpc) is 2.71. The Morgan fingerprint density at radius 2 is 1.86 bits per heavy atom. The van der Waals surface area contributed by atoms with Gasteiger partial charge in [0.15, 0.2) is 0 Å². The third-order valence-electron chi connectivity index (χ3n) is 3.03. The molecule has 2 heterocycles. The van der Waals surface area contributed by atoms with Gasteiger partial charge in [-0.05, 0) is 32.2 Å². The summed E-state index contributed by atoms with van der Waals surface area (Å²) in [6, 6.07) is 0.131. The fourth-order valence-corrected chi connectivity index (χ4v) is 2.22. The lowest BCUT2D eigenvalue weighted by atomic mass is 10.0. The molecule has 1 atom stereocenters. The highest BCUT2D eigenvalue weighted by molar-refractivity contribution is 5.85. The van der Waals surface area contributed by atoms with Crippen LogP contribution in [0.25, 0.3) is 0 Å². The summed E-state index contributed by atoms with van der Waals surface area (Å²) in [4.78, 5) is 13.9. The third-order valence-corrected chi connectivity index (χ3v) is 3.03. The van der Waals surface area contributed by atoms with Crippen LogP contribution in [0, 0.1) is 0 Å². The molecule has 0 aliphatic carbocycles. The summed E-state index contributed by atoms with van der Waals surface area (Å²) < 4.78 is 0. The molecule has 0 spiro atoms. The molecule has 1 unspecified atom stereocenters. The quantitative estimate of drug-likeness (QED) is 0.717. The van der Waals surface area contributed by atoms with Crippen LogP contribution in [0.3, 0.4) is 0 Å². The highest BCUT2D eigenvalue weighted by Crippen LogP contribution is 2.14. The molecule has 0 bridgehead atoms. The number of halogens is 1. The van der Waals surface area contributed by atoms with Gasteiger partial charge < -0.3 is 10.2 Å². The standard InChI is InChI=1S/C10H18N2O.ClH/c13-10(12-7-3-4-8-12)9-5-1-2-6-11-9;/h9,11H,1-8H2;1H. The van der Waals surface area contributed by atoms with E-state index in [1.54, 1.807) is 0 Å². The first-order valence-electron chi connectivity index (χ1n) is 5.40. The Kier molecular flexibility index (Phi) is 4.69. The molecule has 0 saturated carbocycles. The Morgan fingerprint density at radius 1 is 1.14 bits per heavy atom. The van der Waals surface area contributed by atoms with E-state index in [0.29, 0.717) is 5.91 Å². The van der Waals surface area contributed by atoms with Crippen LogP contribution in [0.5, 0.6) is 0 Å². The number of likely N-dealkylation sites (tertiary alicyclic amines) is 1. The maximum Gasteiger partial charge on any atom is 0.239 e. The molecular weight excluding hydrogens is 200 g/mol. The van der Waals surface area contributed by atoms with Crippen molar-refractivity contribution in [2.75, 3.05) is 19.6 Å². The van der Waals surface area contributed by atoms with E-state index in [0.717, 1.165) is 26.1 Å². The zero-order valence-electron chi connectivity index (χ0n) is 8.50. The van der Waals surface area contributed by atoms with Crippen LogP contribution in [0.1, 0.15) is 32.1 Å². The molecule has 2 fully saturated rings. The van der Waals surface area contributed by atoms with Crippen LogP contribution < -0.4 is 5.32 Å². The molecule has 2 aliphatic rings. The average molecular weight is 219 g/mol. The Labute approximate surface area is 91.6 Å². The topological polar surface area (TPSA) is 32.3 Å². The first-order chi connectivity index (χ1) is 6.38. The number of carbonyl (C=O) groups is 1. The number of nitrogens with one attached hydrogen (secondary N) is 1. The molecule has 82 valence electrons. The second-order valence-electron chi connectivity index (χ2n) is 4.03. The van der Waals surface area contributed by atoms with E-state index in [9.17, 15) is 4.79 Å². The number of hydrogen-bond acceptors (Lipinski definition) is 2. The fraction of sp³-hybridized carbons (Fsp3) is 0.900. The second kappa shape index (κ2) is 5.56. The van der Waals surface area contributed by atoms with Crippen molar-refractivity contribution in [1.82, 2.24) is 10.2 Å². The molecule has 2 aliphatic heterocycles. The third kappa shape index (κ3) is 2.61. The lowest BCUT2D eigenvalue weighted by Gasteiger charge is -2.26. The molecule has 0 aromatic rings. The Hall–Kier alpha value is -0.280. The van der Waals surface area contributed by atoms with Gasteiger partial charge in [0, 0.05) is 13.1 Å². The van der Waals surface area contributed by atoms with Gasteiger partial charge in [0.2, 0.25) is 5.91 Å². The van der Waals surface area contributed by atoms with Gasteiger partial charge in [-0.1, -0.05) is 6.42 Å². The molecule has 14 heavy (non-hydrogen) atoms. The summed E-state index contributed by atoms with van der Waals surface area (Å²) >= 11 is 0. The molecule has 2 rings (SSSR count). The van der Waals surface area contributed by atoms with Crippen LogP contribution in [0.4, 0.5) is 0 Å². The monoisotopic (exact) mass is 218 g/mol. The minimum absolute atomic E-state index is 0. The SMILES string of the molecule is Cl.O=C(C1CCCCN1)N1CCCC1. The number of amides is 1. The van der Waals surface area contributed by atoms with Crippen molar-refractivity contribution in [1.29, 1.82) is 0 Å². The van der Waals surface area contributed by atoms with Gasteiger partial charge in [-0.15, -0.1) is 12.4 Å². The number of nitrogens with zero attached hydrogens (tertiary/aromatic N) is 1. The lowest BCUT2D eigenvalue weighted by Crippen LogP contribution is -2.47. The number of carbonyl (C=O) groups excluding carboxylic acids is 1. The van der Waals surface area contributed by atoms with Gasteiger partial charge in [0.1, 0.15) is 0 Å². The highest BCUT2D eigenvalue weighted by Gasteiger charge is 2.26. The molecule has 2 saturated heterocycles. The second-order valence-corrected chi connectivity index (χ2v) is 4.03. The van der Waals surface area contributed by atoms with E-state index in [4.69, 9.17) is 0 Å². The van der Waals surface area contributed by atoms with Crippen LogP contribution in [-0.2, 0) is 4.79 Å². The maximum absolute atomic E-state index is 11.9. The van der Waals surface area contributed by atoms with E-state index in [1.165, 1.54) is 25.7 Å². The largest absolute Gasteiger partial charge is 0.341 e. The van der Waals surface area contributed by atoms with Crippen molar-refractivity contribution in [2.24, 2.45) is 0 Å². The van der Waals surface area contributed by atoms with E-state index in [2.05, 4.69) is 5.32 Å². The lowest BCUT2D eigenvalue weighted by molar-refractivity contribution is -0.132. The predicted molar refractivity (Wildman–Crippen MR) is 58.7 cm³/mol. The maximum atomic E-state index is 11.9. The molecule has 0 aromatic carbocycles. The Balaban J connectivity index is 0.000000980. The van der Waals surface area contributed by atoms with Gasteiger partial charge in [0.25, 0.3) is 0 Å². The normalized spacial score (nSPS) is 27.1. The minimum Gasteiger partial charge on any atom is -0.341 e. The highest BCUT2D eigenvalue weighted by atomic mass is 35.5. The van der Waals surface area contributed by atoms with Gasteiger partial charge >= 0.3 is 0 Å². The number of hydrogen-bond donors (Lipinski definition) is 1. The summed E-state index contributed by atoms with van der Waals surface area (Å²) in [5.41, 5.74) is 0. The van der Waals surface area contributed by atoms with E-state index < -0.39 is 0 Å². The van der Waals surface area contributed by atoms with Gasteiger partial charge in [0.05, 0.1) is 6.04 Å². The molecule has 3 nitrogen and oxygen atoms in total. The van der Waals surface area contributed by atoms with E-state index in [1.807, 2.05) is 4.90 Å².